The lowest BCUT2D eigenvalue weighted by Crippen LogP contribution is -2.43. The summed E-state index contributed by atoms with van der Waals surface area (Å²) in [4.78, 5) is 12.4. The Morgan fingerprint density at radius 3 is 2.56 bits per heavy atom. The minimum absolute atomic E-state index is 0.231. The molecule has 0 aromatic heterocycles. The Balaban J connectivity index is 2.40. The summed E-state index contributed by atoms with van der Waals surface area (Å²) in [7, 11) is 0. The molecular formula is C11H8BrF4NO. The van der Waals surface area contributed by atoms with Gasteiger partial charge in [0.15, 0.2) is 0 Å². The number of benzene rings is 1. The number of nitrogens with zero attached hydrogens (tertiary/aromatic N) is 1. The molecule has 0 N–H and O–H groups in total. The van der Waals surface area contributed by atoms with Crippen LogP contribution in [0, 0.1) is 5.82 Å². The van der Waals surface area contributed by atoms with Crippen LogP contribution in [0.2, 0.25) is 0 Å². The van der Waals surface area contributed by atoms with Crippen molar-refractivity contribution in [2.24, 2.45) is 0 Å². The molecule has 0 saturated carbocycles. The minimum atomic E-state index is -4.52. The number of rotatable bonds is 1. The van der Waals surface area contributed by atoms with Crippen molar-refractivity contribution in [2.75, 3.05) is 0 Å². The van der Waals surface area contributed by atoms with Crippen molar-refractivity contribution in [3.05, 3.63) is 33.5 Å². The Hall–Kier alpha value is -1.11. The number of alkyl halides is 3. The van der Waals surface area contributed by atoms with Crippen molar-refractivity contribution >= 4 is 21.8 Å². The second-order valence-corrected chi connectivity index (χ2v) is 4.99. The van der Waals surface area contributed by atoms with Gasteiger partial charge in [0.05, 0.1) is 5.56 Å². The summed E-state index contributed by atoms with van der Waals surface area (Å²) in [5.41, 5.74) is -0.00252. The zero-order valence-corrected chi connectivity index (χ0v) is 10.8. The average molecular weight is 326 g/mol. The molecule has 1 aliphatic heterocycles. The molecular weight excluding hydrogens is 318 g/mol. The van der Waals surface area contributed by atoms with Gasteiger partial charge in [0.25, 0.3) is 5.91 Å². The van der Waals surface area contributed by atoms with E-state index in [1.165, 1.54) is 6.07 Å². The topological polar surface area (TPSA) is 20.3 Å². The van der Waals surface area contributed by atoms with Crippen molar-refractivity contribution in [3.63, 3.8) is 0 Å². The largest absolute Gasteiger partial charge is 0.408 e. The second kappa shape index (κ2) is 4.22. The van der Waals surface area contributed by atoms with Gasteiger partial charge in [-0.05, 0) is 24.6 Å². The Kier molecular flexibility index (Phi) is 3.12. The minimum Gasteiger partial charge on any atom is -0.322 e. The molecule has 98 valence electrons. The first-order valence-corrected chi connectivity index (χ1v) is 5.86. The fourth-order valence-electron chi connectivity index (χ4n) is 1.88. The van der Waals surface area contributed by atoms with Gasteiger partial charge in [-0.25, -0.2) is 4.39 Å². The first kappa shape index (κ1) is 13.3. The molecule has 1 aromatic rings. The first-order valence-electron chi connectivity index (χ1n) is 5.07. The van der Waals surface area contributed by atoms with Gasteiger partial charge in [-0.2, -0.15) is 13.2 Å². The molecule has 0 spiro atoms. The summed E-state index contributed by atoms with van der Waals surface area (Å²) in [5.74, 6) is -1.72. The van der Waals surface area contributed by atoms with Crippen LogP contribution >= 0.6 is 15.9 Å². The SMILES string of the molecule is C[C@H](N1Cc2cc(Br)cc(F)c2C1=O)C(F)(F)F. The molecule has 1 aromatic carbocycles. The van der Waals surface area contributed by atoms with E-state index >= 15 is 0 Å². The molecule has 18 heavy (non-hydrogen) atoms. The van der Waals surface area contributed by atoms with Crippen LogP contribution in [-0.4, -0.2) is 23.0 Å². The van der Waals surface area contributed by atoms with Crippen molar-refractivity contribution < 1.29 is 22.4 Å². The maximum absolute atomic E-state index is 13.6. The lowest BCUT2D eigenvalue weighted by atomic mass is 10.1. The number of amides is 1. The van der Waals surface area contributed by atoms with E-state index in [1.54, 1.807) is 0 Å². The van der Waals surface area contributed by atoms with Crippen molar-refractivity contribution in [3.8, 4) is 0 Å². The fraction of sp³-hybridized carbons (Fsp3) is 0.364. The van der Waals surface area contributed by atoms with Crippen LogP contribution in [-0.2, 0) is 6.54 Å². The number of fused-ring (bicyclic) bond motifs is 1. The van der Waals surface area contributed by atoms with Crippen LogP contribution in [0.4, 0.5) is 17.6 Å². The van der Waals surface area contributed by atoms with Crippen LogP contribution < -0.4 is 0 Å². The Morgan fingerprint density at radius 2 is 2.00 bits per heavy atom. The van der Waals surface area contributed by atoms with Gasteiger partial charge in [-0.1, -0.05) is 15.9 Å². The number of carbonyl (C=O) groups excluding carboxylic acids is 1. The summed E-state index contributed by atoms with van der Waals surface area (Å²) in [6, 6.07) is 0.591. The third-order valence-corrected chi connectivity index (χ3v) is 3.35. The molecule has 2 nitrogen and oxygen atoms in total. The van der Waals surface area contributed by atoms with Gasteiger partial charge in [-0.3, -0.25) is 4.79 Å². The van der Waals surface area contributed by atoms with Crippen molar-refractivity contribution in [1.82, 2.24) is 4.90 Å². The molecule has 1 aliphatic rings. The summed E-state index contributed by atoms with van der Waals surface area (Å²) in [6.45, 7) is 0.655. The zero-order valence-electron chi connectivity index (χ0n) is 9.18. The average Bonchev–Trinajstić information content (AvgIpc) is 2.53. The van der Waals surface area contributed by atoms with Crippen LogP contribution in [0.3, 0.4) is 0 Å². The maximum Gasteiger partial charge on any atom is 0.408 e. The summed E-state index contributed by atoms with van der Waals surface area (Å²) < 4.78 is 51.7. The molecule has 0 saturated heterocycles. The molecule has 0 unspecified atom stereocenters. The molecule has 0 radical (unpaired) electrons. The zero-order chi connectivity index (χ0) is 13.7. The van der Waals surface area contributed by atoms with Crippen LogP contribution in [0.1, 0.15) is 22.8 Å². The molecule has 0 bridgehead atoms. The Morgan fingerprint density at radius 1 is 1.39 bits per heavy atom. The predicted octanol–water partition coefficient (Wildman–Crippen LogP) is 3.49. The highest BCUT2D eigenvalue weighted by Crippen LogP contribution is 2.34. The second-order valence-electron chi connectivity index (χ2n) is 4.07. The standard InChI is InChI=1S/C11H8BrF4NO/c1-5(11(14,15)16)17-4-6-2-7(12)3-8(13)9(6)10(17)18/h2-3,5H,4H2,1H3/t5-/m0/s1. The maximum atomic E-state index is 13.6. The normalized spacial score (nSPS) is 17.0. The number of carbonyl (C=O) groups is 1. The van der Waals surface area contributed by atoms with Gasteiger partial charge in [0.2, 0.25) is 0 Å². The summed E-state index contributed by atoms with van der Waals surface area (Å²) in [6.07, 6.45) is -4.52. The molecule has 1 amide bonds. The van der Waals surface area contributed by atoms with Crippen molar-refractivity contribution in [1.29, 1.82) is 0 Å². The van der Waals surface area contributed by atoms with Crippen LogP contribution in [0.5, 0.6) is 0 Å². The lowest BCUT2D eigenvalue weighted by molar-refractivity contribution is -0.172. The van der Waals surface area contributed by atoms with Crippen LogP contribution in [0.25, 0.3) is 0 Å². The highest BCUT2D eigenvalue weighted by molar-refractivity contribution is 9.10. The molecule has 1 heterocycles. The van der Waals surface area contributed by atoms with Gasteiger partial charge in [0, 0.05) is 11.0 Å². The highest BCUT2D eigenvalue weighted by atomic mass is 79.9. The molecule has 0 fully saturated rings. The van der Waals surface area contributed by atoms with E-state index in [0.29, 0.717) is 9.37 Å². The fourth-order valence-corrected chi connectivity index (χ4v) is 2.36. The Bertz CT molecular complexity index is 515. The third kappa shape index (κ3) is 2.11. The first-order chi connectivity index (χ1) is 8.21. The van der Waals surface area contributed by atoms with Gasteiger partial charge >= 0.3 is 6.18 Å². The Labute approximate surface area is 109 Å². The van der Waals surface area contributed by atoms with Gasteiger partial charge in [-0.15, -0.1) is 0 Å². The van der Waals surface area contributed by atoms with E-state index in [-0.39, 0.29) is 17.7 Å². The lowest BCUT2D eigenvalue weighted by Gasteiger charge is -2.26. The van der Waals surface area contributed by atoms with E-state index in [4.69, 9.17) is 0 Å². The van der Waals surface area contributed by atoms with Crippen molar-refractivity contribution in [2.45, 2.75) is 25.7 Å². The van der Waals surface area contributed by atoms with E-state index < -0.39 is 23.9 Å². The molecule has 0 aliphatic carbocycles. The predicted molar refractivity (Wildman–Crippen MR) is 59.5 cm³/mol. The molecule has 7 heteroatoms. The van der Waals surface area contributed by atoms with Gasteiger partial charge < -0.3 is 4.90 Å². The molecule has 1 atom stereocenters. The van der Waals surface area contributed by atoms with Gasteiger partial charge in [0.1, 0.15) is 11.9 Å². The van der Waals surface area contributed by atoms with Crippen LogP contribution in [0.15, 0.2) is 16.6 Å². The van der Waals surface area contributed by atoms with E-state index in [9.17, 15) is 22.4 Å². The van der Waals surface area contributed by atoms with E-state index in [2.05, 4.69) is 15.9 Å². The molecule has 2 rings (SSSR count). The third-order valence-electron chi connectivity index (χ3n) is 2.89. The highest BCUT2D eigenvalue weighted by Gasteiger charge is 2.45. The smallest absolute Gasteiger partial charge is 0.322 e. The number of hydrogen-bond acceptors (Lipinski definition) is 1. The number of halogens is 5. The number of hydrogen-bond donors (Lipinski definition) is 0. The monoisotopic (exact) mass is 325 g/mol. The van der Waals surface area contributed by atoms with E-state index in [1.807, 2.05) is 0 Å². The quantitative estimate of drug-likeness (QED) is 0.724. The summed E-state index contributed by atoms with van der Waals surface area (Å²) >= 11 is 3.04. The van der Waals surface area contributed by atoms with E-state index in [0.717, 1.165) is 13.0 Å². The summed E-state index contributed by atoms with van der Waals surface area (Å²) in [5, 5.41) is 0.